The van der Waals surface area contributed by atoms with Crippen molar-refractivity contribution in [1.82, 2.24) is 5.32 Å². The molecule has 0 spiro atoms. The summed E-state index contributed by atoms with van der Waals surface area (Å²) in [7, 11) is 0. The van der Waals surface area contributed by atoms with E-state index in [4.69, 9.17) is 5.73 Å². The van der Waals surface area contributed by atoms with Gasteiger partial charge in [-0.3, -0.25) is 14.4 Å². The third-order valence-corrected chi connectivity index (χ3v) is 3.86. The molecule has 7 heteroatoms. The SMILES string of the molecule is CC(C)(NC(=O)c1cc(C#N)cc(NC(=O)Cc2ccccc2)c1)C(N)=O. The maximum atomic E-state index is 12.4. The average molecular weight is 364 g/mol. The van der Waals surface area contributed by atoms with Crippen molar-refractivity contribution >= 4 is 23.4 Å². The first-order chi connectivity index (χ1) is 12.7. The van der Waals surface area contributed by atoms with Gasteiger partial charge in [-0.2, -0.15) is 5.26 Å². The summed E-state index contributed by atoms with van der Waals surface area (Å²) in [6, 6.07) is 15.4. The van der Waals surface area contributed by atoms with Crippen molar-refractivity contribution in [2.24, 2.45) is 5.73 Å². The minimum absolute atomic E-state index is 0.137. The number of carbonyl (C=O) groups excluding carboxylic acids is 3. The minimum atomic E-state index is -1.25. The Labute approximate surface area is 157 Å². The number of nitrogens with zero attached hydrogens (tertiary/aromatic N) is 1. The summed E-state index contributed by atoms with van der Waals surface area (Å²) < 4.78 is 0. The van der Waals surface area contributed by atoms with Crippen molar-refractivity contribution in [1.29, 1.82) is 5.26 Å². The van der Waals surface area contributed by atoms with Crippen molar-refractivity contribution in [3.8, 4) is 6.07 Å². The lowest BCUT2D eigenvalue weighted by molar-refractivity contribution is -0.122. The molecule has 2 rings (SSSR count). The summed E-state index contributed by atoms with van der Waals surface area (Å²) in [5.41, 5.74) is 5.50. The van der Waals surface area contributed by atoms with Crippen molar-refractivity contribution in [2.45, 2.75) is 25.8 Å². The zero-order valence-electron chi connectivity index (χ0n) is 15.1. The molecule has 0 fully saturated rings. The Bertz CT molecular complexity index is 915. The molecule has 138 valence electrons. The van der Waals surface area contributed by atoms with E-state index in [0.717, 1.165) is 5.56 Å². The van der Waals surface area contributed by atoms with Crippen LogP contribution >= 0.6 is 0 Å². The Morgan fingerprint density at radius 3 is 2.37 bits per heavy atom. The molecule has 0 aliphatic carbocycles. The molecule has 0 unspecified atom stereocenters. The van der Waals surface area contributed by atoms with Crippen LogP contribution in [0.15, 0.2) is 48.5 Å². The van der Waals surface area contributed by atoms with E-state index in [2.05, 4.69) is 10.6 Å². The molecule has 0 saturated heterocycles. The first kappa shape index (κ1) is 19.7. The van der Waals surface area contributed by atoms with Crippen LogP contribution in [0.4, 0.5) is 5.69 Å². The van der Waals surface area contributed by atoms with Gasteiger partial charge in [-0.25, -0.2) is 0 Å². The number of nitriles is 1. The highest BCUT2D eigenvalue weighted by Crippen LogP contribution is 2.16. The Hall–Kier alpha value is -3.66. The monoisotopic (exact) mass is 364 g/mol. The second-order valence-electron chi connectivity index (χ2n) is 6.56. The molecule has 0 radical (unpaired) electrons. The molecule has 0 saturated carbocycles. The summed E-state index contributed by atoms with van der Waals surface area (Å²) in [5.74, 6) is -1.54. The molecule has 2 aromatic rings. The number of amides is 3. The van der Waals surface area contributed by atoms with Crippen LogP contribution in [0.25, 0.3) is 0 Å². The van der Waals surface area contributed by atoms with Crippen LogP contribution in [0.1, 0.15) is 35.3 Å². The Kier molecular flexibility index (Phi) is 5.93. The van der Waals surface area contributed by atoms with E-state index < -0.39 is 17.4 Å². The number of anilines is 1. The Morgan fingerprint density at radius 2 is 1.78 bits per heavy atom. The van der Waals surface area contributed by atoms with Gasteiger partial charge >= 0.3 is 0 Å². The highest BCUT2D eigenvalue weighted by Gasteiger charge is 2.27. The van der Waals surface area contributed by atoms with Gasteiger partial charge in [0, 0.05) is 11.3 Å². The average Bonchev–Trinajstić information content (AvgIpc) is 2.61. The van der Waals surface area contributed by atoms with Crippen molar-refractivity contribution < 1.29 is 14.4 Å². The topological polar surface area (TPSA) is 125 Å². The number of nitrogens with one attached hydrogen (secondary N) is 2. The molecule has 0 aliphatic heterocycles. The first-order valence-electron chi connectivity index (χ1n) is 8.22. The number of benzene rings is 2. The van der Waals surface area contributed by atoms with Crippen LogP contribution in [-0.2, 0) is 16.0 Å². The summed E-state index contributed by atoms with van der Waals surface area (Å²) in [6.07, 6.45) is 0.161. The summed E-state index contributed by atoms with van der Waals surface area (Å²) in [5, 5.41) is 14.4. The summed E-state index contributed by atoms with van der Waals surface area (Å²) in [4.78, 5) is 36.0. The predicted molar refractivity (Wildman–Crippen MR) is 101 cm³/mol. The molecule has 0 aromatic heterocycles. The van der Waals surface area contributed by atoms with E-state index in [9.17, 15) is 19.6 Å². The molecule has 7 nitrogen and oxygen atoms in total. The fourth-order valence-electron chi connectivity index (χ4n) is 2.30. The molecule has 0 bridgehead atoms. The lowest BCUT2D eigenvalue weighted by Gasteiger charge is -2.22. The highest BCUT2D eigenvalue weighted by molar-refractivity contribution is 6.00. The largest absolute Gasteiger partial charge is 0.368 e. The highest BCUT2D eigenvalue weighted by atomic mass is 16.2. The van der Waals surface area contributed by atoms with Crippen molar-refractivity contribution in [2.75, 3.05) is 5.32 Å². The van der Waals surface area contributed by atoms with Gasteiger partial charge in [0.25, 0.3) is 5.91 Å². The maximum Gasteiger partial charge on any atom is 0.252 e. The van der Waals surface area contributed by atoms with Crippen LogP contribution in [0.3, 0.4) is 0 Å². The number of rotatable bonds is 6. The lowest BCUT2D eigenvalue weighted by atomic mass is 10.0. The fourth-order valence-corrected chi connectivity index (χ4v) is 2.30. The summed E-state index contributed by atoms with van der Waals surface area (Å²) >= 11 is 0. The summed E-state index contributed by atoms with van der Waals surface area (Å²) in [6.45, 7) is 2.95. The number of hydrogen-bond donors (Lipinski definition) is 3. The molecule has 0 heterocycles. The second-order valence-corrected chi connectivity index (χ2v) is 6.56. The fraction of sp³-hybridized carbons (Fsp3) is 0.200. The molecule has 0 atom stereocenters. The van der Waals surface area contributed by atoms with Gasteiger partial charge < -0.3 is 16.4 Å². The van der Waals surface area contributed by atoms with E-state index in [0.29, 0.717) is 5.69 Å². The van der Waals surface area contributed by atoms with Gasteiger partial charge in [0.2, 0.25) is 11.8 Å². The van der Waals surface area contributed by atoms with Crippen LogP contribution in [0.2, 0.25) is 0 Å². The van der Waals surface area contributed by atoms with E-state index >= 15 is 0 Å². The normalized spacial score (nSPS) is 10.6. The van der Waals surface area contributed by atoms with E-state index in [1.807, 2.05) is 36.4 Å². The molecule has 4 N–H and O–H groups in total. The molecule has 2 aromatic carbocycles. The number of carbonyl (C=O) groups is 3. The smallest absolute Gasteiger partial charge is 0.252 e. The minimum Gasteiger partial charge on any atom is -0.368 e. The zero-order chi connectivity index (χ0) is 20.0. The third-order valence-electron chi connectivity index (χ3n) is 3.86. The number of hydrogen-bond acceptors (Lipinski definition) is 4. The number of nitrogens with two attached hydrogens (primary N) is 1. The molecule has 3 amide bonds. The molecule has 27 heavy (non-hydrogen) atoms. The second kappa shape index (κ2) is 8.15. The van der Waals surface area contributed by atoms with Crippen LogP contribution in [0.5, 0.6) is 0 Å². The van der Waals surface area contributed by atoms with Crippen molar-refractivity contribution in [3.05, 3.63) is 65.2 Å². The van der Waals surface area contributed by atoms with Crippen molar-refractivity contribution in [3.63, 3.8) is 0 Å². The van der Waals surface area contributed by atoms with Crippen LogP contribution in [-0.4, -0.2) is 23.3 Å². The third kappa shape index (κ3) is 5.41. The first-order valence-corrected chi connectivity index (χ1v) is 8.22. The van der Waals surface area contributed by atoms with Gasteiger partial charge in [0.05, 0.1) is 18.1 Å². The van der Waals surface area contributed by atoms with Gasteiger partial charge in [0.15, 0.2) is 0 Å². The van der Waals surface area contributed by atoms with Gasteiger partial charge in [-0.05, 0) is 37.6 Å². The molecule has 0 aliphatic rings. The Balaban J connectivity index is 2.19. The van der Waals surface area contributed by atoms with Gasteiger partial charge in [0.1, 0.15) is 5.54 Å². The molecular formula is C20H20N4O3. The zero-order valence-corrected chi connectivity index (χ0v) is 15.1. The lowest BCUT2D eigenvalue weighted by Crippen LogP contribution is -2.53. The van der Waals surface area contributed by atoms with E-state index in [-0.39, 0.29) is 23.5 Å². The van der Waals surface area contributed by atoms with Crippen LogP contribution < -0.4 is 16.4 Å². The standard InChI is InChI=1S/C20H20N4O3/c1-20(2,19(22)27)24-18(26)15-8-14(12-21)9-16(11-15)23-17(25)10-13-6-4-3-5-7-13/h3-9,11H,10H2,1-2H3,(H2,22,27)(H,23,25)(H,24,26). The van der Waals surface area contributed by atoms with E-state index in [1.54, 1.807) is 0 Å². The van der Waals surface area contributed by atoms with E-state index in [1.165, 1.54) is 32.0 Å². The predicted octanol–water partition coefficient (Wildman–Crippen LogP) is 1.73. The quantitative estimate of drug-likeness (QED) is 0.722. The number of primary amides is 1. The van der Waals surface area contributed by atoms with Gasteiger partial charge in [-0.1, -0.05) is 30.3 Å². The molecular weight excluding hydrogens is 344 g/mol. The maximum absolute atomic E-state index is 12.4. The van der Waals surface area contributed by atoms with Gasteiger partial charge in [-0.15, -0.1) is 0 Å². The van der Waals surface area contributed by atoms with Crippen LogP contribution in [0, 0.1) is 11.3 Å². The Morgan fingerprint density at radius 1 is 1.11 bits per heavy atom.